The second kappa shape index (κ2) is 53.1. The summed E-state index contributed by atoms with van der Waals surface area (Å²) in [6.07, 6.45) is 52.1. The van der Waals surface area contributed by atoms with Crippen molar-refractivity contribution in [2.24, 2.45) is 0 Å². The van der Waals surface area contributed by atoms with E-state index in [9.17, 15) is 38.1 Å². The smallest absolute Gasteiger partial charge is 0.373 e. The number of rotatable bonds is 62. The summed E-state index contributed by atoms with van der Waals surface area (Å²) < 4.78 is 68.6. The van der Waals surface area contributed by atoms with Gasteiger partial charge in [-0.3, -0.25) is 36.8 Å². The minimum Gasteiger partial charge on any atom is -0.373 e. The van der Waals surface area contributed by atoms with Crippen LogP contribution >= 0.6 is 27.4 Å². The molecule has 4 N–H and O–H groups in total. The van der Waals surface area contributed by atoms with Crippen molar-refractivity contribution in [1.29, 1.82) is 0 Å². The molecule has 7 unspecified atom stereocenters. The van der Waals surface area contributed by atoms with Crippen molar-refractivity contribution in [1.82, 2.24) is 19.1 Å². The summed E-state index contributed by atoms with van der Waals surface area (Å²) in [5.74, 6) is 0.227. The summed E-state index contributed by atoms with van der Waals surface area (Å²) in [6, 6.07) is 3.08. The van der Waals surface area contributed by atoms with Gasteiger partial charge in [0.2, 0.25) is 11.8 Å². The van der Waals surface area contributed by atoms with E-state index < -0.39 is 70.3 Å². The summed E-state index contributed by atoms with van der Waals surface area (Å²) >= 11 is 1.27. The summed E-state index contributed by atoms with van der Waals surface area (Å²) in [6.45, 7) is 5.20. The molecule has 0 saturated carbocycles. The van der Waals surface area contributed by atoms with E-state index >= 15 is 0 Å². The Morgan fingerprint density at radius 2 is 0.851 bits per heavy atom. The number of hydrogen-bond donors (Lipinski definition) is 4. The van der Waals surface area contributed by atoms with Crippen LogP contribution in [0.25, 0.3) is 0 Å². The average molecular weight is 1390 g/mol. The zero-order valence-corrected chi connectivity index (χ0v) is 60.9. The quantitative estimate of drug-likeness (QED) is 0.0354. The second-order valence-corrected chi connectivity index (χ2v) is 30.2. The van der Waals surface area contributed by atoms with Crippen molar-refractivity contribution in [2.75, 3.05) is 49.4 Å². The fraction of sp³-hybridized carbons (Fsp3) is 0.857. The first kappa shape index (κ1) is 83.6. The van der Waals surface area contributed by atoms with Gasteiger partial charge in [-0.1, -0.05) is 271 Å². The molecule has 0 aliphatic carbocycles. The molecule has 4 heterocycles. The van der Waals surface area contributed by atoms with Gasteiger partial charge >= 0.3 is 27.0 Å². The molecule has 4 rings (SSSR count). The predicted molar refractivity (Wildman–Crippen MR) is 377 cm³/mol. The van der Waals surface area contributed by atoms with Crippen molar-refractivity contribution in [3.8, 4) is 0 Å². The van der Waals surface area contributed by atoms with Crippen LogP contribution in [0.2, 0.25) is 0 Å². The monoisotopic (exact) mass is 1380 g/mol. The lowest BCUT2D eigenvalue weighted by molar-refractivity contribution is -0.117. The molecule has 0 aromatic carbocycles. The number of nitrogens with zero attached hydrogens (tertiary/aromatic N) is 4. The number of ether oxygens (including phenoxy) is 3. The Hall–Kier alpha value is -2.85. The highest BCUT2D eigenvalue weighted by atomic mass is 32.2. The van der Waals surface area contributed by atoms with E-state index in [1.54, 1.807) is 6.07 Å². The lowest BCUT2D eigenvalue weighted by Crippen LogP contribution is -2.29. The standard InChI is InChI=1S/C70H126N6O15P2S/c1-4-7-10-13-16-19-22-25-26-27-30-33-36-39-42-45-54-85-61(56-87-92(81,82)86-55-60-48-49-66(90-60)75-52-50-62(73-69(75)79)71-64(77)46-43-40-37-34-31-28-23-20-17-14-11-8-5-2)57-88-93(83,84)89-58-68-91-67(59-94-68)76-53-51-63(74-70(76)80)72-65(78)47-44-41-38-35-32-29-24-21-18-15-12-9-6-3/h50-53,60-61,66-68H,4-49,54-59H2,1-3H3,(H,81,82)(H,83,84)(H,71,73,77,79)(H,72,74,78,80). The lowest BCUT2D eigenvalue weighted by atomic mass is 10.0. The summed E-state index contributed by atoms with van der Waals surface area (Å²) in [7, 11) is -9.48. The first-order chi connectivity index (χ1) is 45.7. The van der Waals surface area contributed by atoms with Gasteiger partial charge in [0.15, 0.2) is 0 Å². The van der Waals surface area contributed by atoms with Crippen LogP contribution in [0.3, 0.4) is 0 Å². The number of amides is 2. The van der Waals surface area contributed by atoms with Gasteiger partial charge in [-0.25, -0.2) is 18.7 Å². The Morgan fingerprint density at radius 3 is 1.23 bits per heavy atom. The number of phosphoric acid groups is 2. The number of aromatic nitrogens is 4. The molecule has 0 bridgehead atoms. The molecule has 2 aliphatic heterocycles. The minimum absolute atomic E-state index is 0.153. The van der Waals surface area contributed by atoms with Crippen LogP contribution < -0.4 is 22.0 Å². The number of unbranched alkanes of at least 4 members (excludes halogenated alkanes) is 39. The molecule has 2 aliphatic rings. The van der Waals surface area contributed by atoms with Crippen LogP contribution in [-0.2, 0) is 51.0 Å². The first-order valence-corrected chi connectivity index (χ1v) is 41.3. The highest BCUT2D eigenvalue weighted by Crippen LogP contribution is 2.47. The molecule has 0 spiro atoms. The van der Waals surface area contributed by atoms with Crippen LogP contribution in [0.5, 0.6) is 0 Å². The summed E-state index contributed by atoms with van der Waals surface area (Å²) in [5, 5.41) is 5.46. The Balaban J connectivity index is 1.16. The number of thioether (sulfide) groups is 1. The summed E-state index contributed by atoms with van der Waals surface area (Å²) in [4.78, 5) is 81.2. The third-order valence-corrected chi connectivity index (χ3v) is 20.6. The van der Waals surface area contributed by atoms with Crippen LogP contribution in [0, 0.1) is 0 Å². The van der Waals surface area contributed by atoms with Crippen molar-refractivity contribution >= 4 is 50.9 Å². The molecule has 21 nitrogen and oxygen atoms in total. The fourth-order valence-corrected chi connectivity index (χ4v) is 14.5. The van der Waals surface area contributed by atoms with Crippen LogP contribution in [0.1, 0.15) is 329 Å². The van der Waals surface area contributed by atoms with Gasteiger partial charge in [-0.2, -0.15) is 9.97 Å². The van der Waals surface area contributed by atoms with Crippen molar-refractivity contribution in [2.45, 2.75) is 346 Å². The summed E-state index contributed by atoms with van der Waals surface area (Å²) in [5.41, 5.74) is -1.98. The topological polar surface area (TPSA) is 267 Å². The molecule has 2 aromatic rings. The SMILES string of the molecule is CCCCCCCCCCCCCCCCCCOC(COP(=O)(O)OCC1CCC(n2ccc(NC(=O)CCCCCCCCCCCCCCC)nc2=O)O1)COP(=O)(O)OCC1OC(n2ccc(NC(=O)CCCCCCCCCCCCCCC)nc2=O)CS1. The molecule has 2 fully saturated rings. The van der Waals surface area contributed by atoms with Crippen molar-refractivity contribution < 1.29 is 60.8 Å². The molecule has 24 heteroatoms. The van der Waals surface area contributed by atoms with E-state index in [1.165, 1.54) is 245 Å². The van der Waals surface area contributed by atoms with Crippen LogP contribution in [0.4, 0.5) is 11.6 Å². The molecule has 94 heavy (non-hydrogen) atoms. The molecule has 2 aromatic heterocycles. The maximum atomic E-state index is 13.3. The Kier molecular flexibility index (Phi) is 47.2. The van der Waals surface area contributed by atoms with Crippen molar-refractivity contribution in [3.05, 3.63) is 45.5 Å². The van der Waals surface area contributed by atoms with E-state index in [4.69, 9.17) is 32.3 Å². The van der Waals surface area contributed by atoms with E-state index in [1.807, 2.05) is 0 Å². The maximum Gasteiger partial charge on any atom is 0.472 e. The molecule has 0 radical (unpaired) electrons. The van der Waals surface area contributed by atoms with E-state index in [-0.39, 0.29) is 43.3 Å². The van der Waals surface area contributed by atoms with Crippen LogP contribution in [0.15, 0.2) is 34.1 Å². The third-order valence-electron chi connectivity index (χ3n) is 17.6. The largest absolute Gasteiger partial charge is 0.472 e. The number of carbonyl (C=O) groups is 2. The Bertz CT molecular complexity index is 2350. The van der Waals surface area contributed by atoms with Gasteiger partial charge in [0.05, 0.1) is 32.5 Å². The molecular formula is C70H126N6O15P2S. The number of nitrogens with one attached hydrogen (secondary N) is 2. The van der Waals surface area contributed by atoms with Gasteiger partial charge in [0.25, 0.3) is 0 Å². The Morgan fingerprint density at radius 1 is 0.500 bits per heavy atom. The molecule has 2 saturated heterocycles. The minimum atomic E-state index is -4.75. The molecule has 7 atom stereocenters. The third kappa shape index (κ3) is 40.9. The fourth-order valence-electron chi connectivity index (χ4n) is 11.9. The van der Waals surface area contributed by atoms with Gasteiger partial charge in [-0.05, 0) is 44.2 Å². The van der Waals surface area contributed by atoms with Gasteiger partial charge in [0, 0.05) is 37.6 Å². The van der Waals surface area contributed by atoms with Gasteiger partial charge in [-0.15, -0.1) is 11.8 Å². The number of anilines is 2. The zero-order chi connectivity index (χ0) is 67.6. The van der Waals surface area contributed by atoms with E-state index in [0.29, 0.717) is 37.9 Å². The maximum absolute atomic E-state index is 13.3. The molecule has 542 valence electrons. The lowest BCUT2D eigenvalue weighted by Gasteiger charge is -2.22. The van der Waals surface area contributed by atoms with E-state index in [2.05, 4.69) is 41.4 Å². The number of phosphoric ester groups is 2. The molecule has 2 amide bonds. The average Bonchev–Trinajstić information content (AvgIpc) is 1.61. The second-order valence-electron chi connectivity index (χ2n) is 26.1. The predicted octanol–water partition coefficient (Wildman–Crippen LogP) is 18.5. The number of hydrogen-bond acceptors (Lipinski definition) is 16. The highest BCUT2D eigenvalue weighted by molar-refractivity contribution is 8.00. The van der Waals surface area contributed by atoms with E-state index in [0.717, 1.165) is 57.8 Å². The van der Waals surface area contributed by atoms with Crippen molar-refractivity contribution in [3.63, 3.8) is 0 Å². The first-order valence-electron chi connectivity index (χ1n) is 37.3. The molecular weight excluding hydrogens is 1260 g/mol. The Labute approximate surface area is 569 Å². The van der Waals surface area contributed by atoms with Crippen LogP contribution in [-0.4, -0.2) is 97.1 Å². The van der Waals surface area contributed by atoms with Gasteiger partial charge in [0.1, 0.15) is 35.6 Å². The normalized spacial score (nSPS) is 18.1. The zero-order valence-electron chi connectivity index (χ0n) is 58.3. The van der Waals surface area contributed by atoms with Gasteiger partial charge < -0.3 is 34.6 Å². The number of carbonyl (C=O) groups excluding carboxylic acids is 2. The highest BCUT2D eigenvalue weighted by Gasteiger charge is 2.35.